The summed E-state index contributed by atoms with van der Waals surface area (Å²) in [6, 6.07) is 4.99. The van der Waals surface area contributed by atoms with E-state index in [-0.39, 0.29) is 27.6 Å². The Labute approximate surface area is 138 Å². The average molecular weight is 361 g/mol. The summed E-state index contributed by atoms with van der Waals surface area (Å²) in [7, 11) is -7.00. The lowest BCUT2D eigenvalue weighted by Gasteiger charge is -2.36. The Morgan fingerprint density at radius 1 is 1.13 bits per heavy atom. The predicted molar refractivity (Wildman–Crippen MR) is 89.3 cm³/mol. The Bertz CT molecular complexity index is 740. The molecule has 0 unspecified atom stereocenters. The van der Waals surface area contributed by atoms with Crippen molar-refractivity contribution in [2.45, 2.75) is 55.0 Å². The van der Waals surface area contributed by atoms with Gasteiger partial charge in [-0.25, -0.2) is 16.8 Å². The minimum absolute atomic E-state index is 0.0159. The van der Waals surface area contributed by atoms with Crippen molar-refractivity contribution in [3.8, 4) is 0 Å². The van der Waals surface area contributed by atoms with Gasteiger partial charge in [0.25, 0.3) is 0 Å². The highest BCUT2D eigenvalue weighted by Crippen LogP contribution is 2.27. The highest BCUT2D eigenvalue weighted by Gasteiger charge is 2.35. The maximum Gasteiger partial charge on any atom is 0.243 e. The van der Waals surface area contributed by atoms with Gasteiger partial charge in [0.1, 0.15) is 0 Å². The molecule has 8 heteroatoms. The van der Waals surface area contributed by atoms with Crippen LogP contribution in [0.5, 0.6) is 0 Å². The predicted octanol–water partition coefficient (Wildman–Crippen LogP) is 1.37. The Morgan fingerprint density at radius 3 is 2.22 bits per heavy atom. The third-order valence-electron chi connectivity index (χ3n) is 4.27. The Kier molecular flexibility index (Phi) is 5.50. The normalized spacial score (nSPS) is 22.0. The van der Waals surface area contributed by atoms with E-state index < -0.39 is 19.9 Å². The summed E-state index contributed by atoms with van der Waals surface area (Å²) in [5.74, 6) is -0.0159. The molecule has 6 nitrogen and oxygen atoms in total. The Balaban J connectivity index is 2.36. The molecule has 1 aliphatic rings. The number of hydrogen-bond donors (Lipinski definition) is 1. The molecule has 1 aromatic carbocycles. The van der Waals surface area contributed by atoms with Gasteiger partial charge in [-0.1, -0.05) is 13.3 Å². The molecule has 23 heavy (non-hydrogen) atoms. The fraction of sp³-hybridized carbons (Fsp3) is 0.600. The third-order valence-corrected chi connectivity index (χ3v) is 7.96. The Hall–Kier alpha value is -0.960. The molecule has 0 radical (unpaired) electrons. The first-order valence-corrected chi connectivity index (χ1v) is 10.9. The lowest BCUT2D eigenvalue weighted by atomic mass is 10.00. The van der Waals surface area contributed by atoms with Crippen molar-refractivity contribution in [3.05, 3.63) is 24.3 Å². The maximum absolute atomic E-state index is 12.9. The van der Waals surface area contributed by atoms with Gasteiger partial charge in [-0.3, -0.25) is 0 Å². The van der Waals surface area contributed by atoms with E-state index in [0.717, 1.165) is 19.3 Å². The second-order valence-electron chi connectivity index (χ2n) is 5.91. The van der Waals surface area contributed by atoms with Crippen molar-refractivity contribution in [1.82, 2.24) is 4.31 Å². The SMILES string of the molecule is CCS(=O)(=O)c1ccc(S(=O)(=O)N2CCCC[C@@H]2[C@H](C)N)cc1. The number of nitrogens with two attached hydrogens (primary N) is 1. The minimum atomic E-state index is -3.67. The van der Waals surface area contributed by atoms with Gasteiger partial charge in [0.15, 0.2) is 9.84 Å². The van der Waals surface area contributed by atoms with Crippen LogP contribution in [0.4, 0.5) is 0 Å². The molecule has 1 saturated heterocycles. The second kappa shape index (κ2) is 6.88. The first-order chi connectivity index (χ1) is 10.7. The molecule has 1 heterocycles. The van der Waals surface area contributed by atoms with Crippen LogP contribution in [0.2, 0.25) is 0 Å². The van der Waals surface area contributed by atoms with Gasteiger partial charge >= 0.3 is 0 Å². The van der Waals surface area contributed by atoms with Crippen molar-refractivity contribution in [1.29, 1.82) is 0 Å². The van der Waals surface area contributed by atoms with Crippen LogP contribution in [-0.4, -0.2) is 45.5 Å². The molecular formula is C15H24N2O4S2. The van der Waals surface area contributed by atoms with Crippen molar-refractivity contribution >= 4 is 19.9 Å². The van der Waals surface area contributed by atoms with Crippen molar-refractivity contribution in [2.75, 3.05) is 12.3 Å². The van der Waals surface area contributed by atoms with E-state index in [0.29, 0.717) is 6.54 Å². The number of sulfonamides is 1. The fourth-order valence-corrected chi connectivity index (χ4v) is 5.53. The third kappa shape index (κ3) is 3.76. The van der Waals surface area contributed by atoms with Gasteiger partial charge in [-0.2, -0.15) is 4.31 Å². The smallest absolute Gasteiger partial charge is 0.243 e. The maximum atomic E-state index is 12.9. The van der Waals surface area contributed by atoms with E-state index in [9.17, 15) is 16.8 Å². The highest BCUT2D eigenvalue weighted by atomic mass is 32.2. The quantitative estimate of drug-likeness (QED) is 0.855. The lowest BCUT2D eigenvalue weighted by Crippen LogP contribution is -2.51. The van der Waals surface area contributed by atoms with E-state index in [2.05, 4.69) is 0 Å². The van der Waals surface area contributed by atoms with Crippen LogP contribution >= 0.6 is 0 Å². The fourth-order valence-electron chi connectivity index (χ4n) is 2.88. The largest absolute Gasteiger partial charge is 0.326 e. The number of piperidine rings is 1. The molecule has 0 aliphatic carbocycles. The van der Waals surface area contributed by atoms with Crippen LogP contribution in [0.1, 0.15) is 33.1 Å². The van der Waals surface area contributed by atoms with E-state index in [4.69, 9.17) is 5.73 Å². The van der Waals surface area contributed by atoms with Crippen LogP contribution in [-0.2, 0) is 19.9 Å². The molecule has 2 N–H and O–H groups in total. The second-order valence-corrected chi connectivity index (χ2v) is 10.1. The zero-order chi connectivity index (χ0) is 17.3. The van der Waals surface area contributed by atoms with E-state index >= 15 is 0 Å². The monoisotopic (exact) mass is 360 g/mol. The van der Waals surface area contributed by atoms with E-state index in [1.54, 1.807) is 6.92 Å². The van der Waals surface area contributed by atoms with Gasteiger partial charge in [0, 0.05) is 18.6 Å². The topological polar surface area (TPSA) is 97.5 Å². The van der Waals surface area contributed by atoms with E-state index in [1.807, 2.05) is 6.92 Å². The molecule has 130 valence electrons. The first-order valence-electron chi connectivity index (χ1n) is 7.80. The molecular weight excluding hydrogens is 336 g/mol. The highest BCUT2D eigenvalue weighted by molar-refractivity contribution is 7.91. The van der Waals surface area contributed by atoms with Gasteiger partial charge in [0.05, 0.1) is 15.5 Å². The van der Waals surface area contributed by atoms with Gasteiger partial charge in [-0.05, 0) is 44.0 Å². The molecule has 1 aliphatic heterocycles. The molecule has 2 rings (SSSR count). The van der Waals surface area contributed by atoms with E-state index in [1.165, 1.54) is 28.6 Å². The van der Waals surface area contributed by atoms with Crippen molar-refractivity contribution in [3.63, 3.8) is 0 Å². The number of nitrogens with zero attached hydrogens (tertiary/aromatic N) is 1. The molecule has 0 bridgehead atoms. The van der Waals surface area contributed by atoms with Crippen LogP contribution in [0.25, 0.3) is 0 Å². The zero-order valence-electron chi connectivity index (χ0n) is 13.5. The lowest BCUT2D eigenvalue weighted by molar-refractivity contribution is 0.227. The summed E-state index contributed by atoms with van der Waals surface area (Å²) in [5, 5.41) is 0. The molecule has 2 atom stereocenters. The summed E-state index contributed by atoms with van der Waals surface area (Å²) in [4.78, 5) is 0.251. The molecule has 1 aromatic rings. The molecule has 0 aromatic heterocycles. The average Bonchev–Trinajstić information content (AvgIpc) is 2.55. The van der Waals surface area contributed by atoms with Gasteiger partial charge in [0.2, 0.25) is 10.0 Å². The molecule has 1 fully saturated rings. The van der Waals surface area contributed by atoms with Crippen LogP contribution in [0, 0.1) is 0 Å². The number of rotatable bonds is 5. The molecule has 0 spiro atoms. The van der Waals surface area contributed by atoms with Crippen LogP contribution in [0.3, 0.4) is 0 Å². The van der Waals surface area contributed by atoms with Gasteiger partial charge < -0.3 is 5.73 Å². The first kappa shape index (κ1) is 18.4. The van der Waals surface area contributed by atoms with Crippen LogP contribution < -0.4 is 5.73 Å². The summed E-state index contributed by atoms with van der Waals surface area (Å²) < 4.78 is 50.8. The standard InChI is InChI=1S/C15H24N2O4S2/c1-3-22(18,19)13-7-9-14(10-8-13)23(20,21)17-11-5-4-6-15(17)12(2)16/h7-10,12,15H,3-6,11,16H2,1-2H3/t12-,15+/m0/s1. The summed E-state index contributed by atoms with van der Waals surface area (Å²) in [6.07, 6.45) is 2.52. The summed E-state index contributed by atoms with van der Waals surface area (Å²) >= 11 is 0. The molecule has 0 saturated carbocycles. The minimum Gasteiger partial charge on any atom is -0.326 e. The number of benzene rings is 1. The van der Waals surface area contributed by atoms with Gasteiger partial charge in [-0.15, -0.1) is 0 Å². The number of sulfone groups is 1. The molecule has 0 amide bonds. The Morgan fingerprint density at radius 2 is 1.70 bits per heavy atom. The summed E-state index contributed by atoms with van der Waals surface area (Å²) in [5.41, 5.74) is 5.95. The van der Waals surface area contributed by atoms with Crippen molar-refractivity contribution in [2.24, 2.45) is 5.73 Å². The van der Waals surface area contributed by atoms with Crippen LogP contribution in [0.15, 0.2) is 34.1 Å². The van der Waals surface area contributed by atoms with Crippen molar-refractivity contribution < 1.29 is 16.8 Å². The summed E-state index contributed by atoms with van der Waals surface area (Å²) in [6.45, 7) is 3.82. The zero-order valence-corrected chi connectivity index (χ0v) is 15.1. The number of hydrogen-bond acceptors (Lipinski definition) is 5.